The van der Waals surface area contributed by atoms with Crippen LogP contribution in [0.4, 0.5) is 0 Å². The van der Waals surface area contributed by atoms with Gasteiger partial charge in [0.1, 0.15) is 11.5 Å². The number of nitrogens with one attached hydrogen (secondary N) is 1. The number of nitrogens with zero attached hydrogens (tertiary/aromatic N) is 1. The second kappa shape index (κ2) is 9.41. The molecule has 2 heterocycles. The van der Waals surface area contributed by atoms with Crippen molar-refractivity contribution in [3.05, 3.63) is 88.7 Å². The normalized spacial score (nSPS) is 15.4. The van der Waals surface area contributed by atoms with E-state index in [-0.39, 0.29) is 11.3 Å². The van der Waals surface area contributed by atoms with Gasteiger partial charge >= 0.3 is 0 Å². The molecule has 2 aromatic carbocycles. The molecule has 1 saturated heterocycles. The van der Waals surface area contributed by atoms with E-state index in [0.29, 0.717) is 36.8 Å². The molecule has 1 aromatic heterocycles. The Morgan fingerprint density at radius 1 is 1.03 bits per heavy atom. The number of halogens is 1. The summed E-state index contributed by atoms with van der Waals surface area (Å²) in [6, 6.07) is 19.1. The number of hydrogen-bond acceptors (Lipinski definition) is 4. The Bertz CT molecular complexity index is 970. The van der Waals surface area contributed by atoms with Crippen molar-refractivity contribution in [2.24, 2.45) is 0 Å². The van der Waals surface area contributed by atoms with Gasteiger partial charge in [0.2, 0.25) is 0 Å². The van der Waals surface area contributed by atoms with Crippen LogP contribution >= 0.6 is 15.9 Å². The zero-order chi connectivity index (χ0) is 20.8. The van der Waals surface area contributed by atoms with E-state index in [1.54, 1.807) is 36.7 Å². The third-order valence-electron chi connectivity index (χ3n) is 5.48. The molecule has 0 spiro atoms. The number of aromatic nitrogens is 1. The number of hydrogen-bond donors (Lipinski definition) is 1. The summed E-state index contributed by atoms with van der Waals surface area (Å²) < 4.78 is 12.4. The van der Waals surface area contributed by atoms with Crippen molar-refractivity contribution in [1.29, 1.82) is 0 Å². The Labute approximate surface area is 184 Å². The Morgan fingerprint density at radius 2 is 1.77 bits per heavy atom. The van der Waals surface area contributed by atoms with Gasteiger partial charge in [-0.05, 0) is 66.9 Å². The first-order chi connectivity index (χ1) is 14.6. The molecular formula is C24H23BrN2O3. The van der Waals surface area contributed by atoms with Gasteiger partial charge in [0.15, 0.2) is 0 Å². The minimum atomic E-state index is -0.113. The van der Waals surface area contributed by atoms with Crippen LogP contribution < -0.4 is 10.1 Å². The average Bonchev–Trinajstić information content (AvgIpc) is 2.80. The zero-order valence-electron chi connectivity index (χ0n) is 16.5. The lowest BCUT2D eigenvalue weighted by atomic mass is 9.74. The molecule has 1 aliphatic heterocycles. The molecule has 1 aliphatic rings. The number of rotatable bonds is 6. The Balaban J connectivity index is 1.42. The van der Waals surface area contributed by atoms with Crippen LogP contribution in [0.3, 0.4) is 0 Å². The molecule has 1 N–H and O–H groups in total. The predicted molar refractivity (Wildman–Crippen MR) is 119 cm³/mol. The van der Waals surface area contributed by atoms with E-state index in [1.165, 1.54) is 5.56 Å². The minimum Gasteiger partial charge on any atom is -0.456 e. The fourth-order valence-corrected chi connectivity index (χ4v) is 3.97. The van der Waals surface area contributed by atoms with Crippen LogP contribution in [-0.2, 0) is 10.2 Å². The highest BCUT2D eigenvalue weighted by Gasteiger charge is 2.34. The molecular weight excluding hydrogens is 444 g/mol. The summed E-state index contributed by atoms with van der Waals surface area (Å²) in [5.74, 6) is 1.23. The van der Waals surface area contributed by atoms with E-state index in [9.17, 15) is 4.79 Å². The zero-order valence-corrected chi connectivity index (χ0v) is 18.1. The largest absolute Gasteiger partial charge is 0.456 e. The van der Waals surface area contributed by atoms with Crippen LogP contribution in [0.15, 0.2) is 77.5 Å². The van der Waals surface area contributed by atoms with Gasteiger partial charge in [0, 0.05) is 41.4 Å². The third kappa shape index (κ3) is 4.89. The first-order valence-corrected chi connectivity index (χ1v) is 10.7. The number of pyridine rings is 1. The maximum absolute atomic E-state index is 12.8. The SMILES string of the molecule is O=C(NCC1(c2ccc(Br)cc2)CCOCC1)c1ccc(Oc2cccnc2)cc1. The summed E-state index contributed by atoms with van der Waals surface area (Å²) in [5, 5.41) is 3.13. The summed E-state index contributed by atoms with van der Waals surface area (Å²) in [6.07, 6.45) is 5.11. The summed E-state index contributed by atoms with van der Waals surface area (Å²) >= 11 is 3.50. The van der Waals surface area contributed by atoms with Gasteiger partial charge in [-0.2, -0.15) is 0 Å². The van der Waals surface area contributed by atoms with Crippen molar-refractivity contribution >= 4 is 21.8 Å². The molecule has 4 rings (SSSR count). The van der Waals surface area contributed by atoms with E-state index in [1.807, 2.05) is 12.1 Å². The first-order valence-electron chi connectivity index (χ1n) is 9.95. The molecule has 3 aromatic rings. The van der Waals surface area contributed by atoms with Crippen LogP contribution in [0.1, 0.15) is 28.8 Å². The van der Waals surface area contributed by atoms with Crippen LogP contribution in [0, 0.1) is 0 Å². The lowest BCUT2D eigenvalue weighted by Crippen LogP contribution is -2.44. The highest BCUT2D eigenvalue weighted by Crippen LogP contribution is 2.35. The minimum absolute atomic E-state index is 0.0918. The van der Waals surface area contributed by atoms with Gasteiger partial charge in [-0.3, -0.25) is 9.78 Å². The summed E-state index contributed by atoms with van der Waals surface area (Å²) in [7, 11) is 0. The standard InChI is InChI=1S/C24H23BrN2O3/c25-20-7-5-19(6-8-20)24(11-14-29-15-12-24)17-27-23(28)18-3-9-21(10-4-18)30-22-2-1-13-26-16-22/h1-10,13,16H,11-12,14-15,17H2,(H,27,28). The monoisotopic (exact) mass is 466 g/mol. The molecule has 0 aliphatic carbocycles. The second-order valence-corrected chi connectivity index (χ2v) is 8.31. The van der Waals surface area contributed by atoms with E-state index in [4.69, 9.17) is 9.47 Å². The predicted octanol–water partition coefficient (Wildman–Crippen LogP) is 5.11. The first kappa shape index (κ1) is 20.6. The van der Waals surface area contributed by atoms with E-state index >= 15 is 0 Å². The van der Waals surface area contributed by atoms with Gasteiger partial charge in [0.05, 0.1) is 6.20 Å². The Kier molecular flexibility index (Phi) is 6.45. The van der Waals surface area contributed by atoms with Gasteiger partial charge in [0.25, 0.3) is 5.91 Å². The van der Waals surface area contributed by atoms with Crippen LogP contribution in [-0.4, -0.2) is 30.6 Å². The molecule has 154 valence electrons. The van der Waals surface area contributed by atoms with Gasteiger partial charge in [-0.25, -0.2) is 0 Å². The molecule has 0 saturated carbocycles. The van der Waals surface area contributed by atoms with Crippen molar-refractivity contribution in [3.63, 3.8) is 0 Å². The van der Waals surface area contributed by atoms with E-state index in [2.05, 4.69) is 50.5 Å². The molecule has 30 heavy (non-hydrogen) atoms. The van der Waals surface area contributed by atoms with E-state index < -0.39 is 0 Å². The fourth-order valence-electron chi connectivity index (χ4n) is 3.70. The van der Waals surface area contributed by atoms with Crippen LogP contribution in [0.5, 0.6) is 11.5 Å². The Morgan fingerprint density at radius 3 is 2.43 bits per heavy atom. The highest BCUT2D eigenvalue weighted by atomic mass is 79.9. The number of carbonyl (C=O) groups excluding carboxylic acids is 1. The topological polar surface area (TPSA) is 60.5 Å². The average molecular weight is 467 g/mol. The lowest BCUT2D eigenvalue weighted by Gasteiger charge is -2.38. The molecule has 6 heteroatoms. The summed E-state index contributed by atoms with van der Waals surface area (Å²) in [6.45, 7) is 1.98. The van der Waals surface area contributed by atoms with Crippen molar-refractivity contribution in [2.75, 3.05) is 19.8 Å². The maximum atomic E-state index is 12.8. The second-order valence-electron chi connectivity index (χ2n) is 7.40. The quantitative estimate of drug-likeness (QED) is 0.547. The smallest absolute Gasteiger partial charge is 0.251 e. The number of ether oxygens (including phenoxy) is 2. The molecule has 0 unspecified atom stereocenters. The molecule has 1 fully saturated rings. The van der Waals surface area contributed by atoms with E-state index in [0.717, 1.165) is 17.3 Å². The number of carbonyl (C=O) groups is 1. The fraction of sp³-hybridized carbons (Fsp3) is 0.250. The molecule has 0 atom stereocenters. The third-order valence-corrected chi connectivity index (χ3v) is 6.01. The van der Waals surface area contributed by atoms with Crippen molar-refractivity contribution in [1.82, 2.24) is 10.3 Å². The molecule has 5 nitrogen and oxygen atoms in total. The maximum Gasteiger partial charge on any atom is 0.251 e. The van der Waals surface area contributed by atoms with Crippen LogP contribution in [0.25, 0.3) is 0 Å². The Hall–Kier alpha value is -2.70. The molecule has 1 amide bonds. The van der Waals surface area contributed by atoms with Crippen molar-refractivity contribution < 1.29 is 14.3 Å². The lowest BCUT2D eigenvalue weighted by molar-refractivity contribution is 0.0487. The van der Waals surface area contributed by atoms with Gasteiger partial charge < -0.3 is 14.8 Å². The van der Waals surface area contributed by atoms with Gasteiger partial charge in [-0.1, -0.05) is 28.1 Å². The van der Waals surface area contributed by atoms with Crippen LogP contribution in [0.2, 0.25) is 0 Å². The molecule has 0 radical (unpaired) electrons. The summed E-state index contributed by atoms with van der Waals surface area (Å²) in [5.41, 5.74) is 1.72. The van der Waals surface area contributed by atoms with Crippen molar-refractivity contribution in [2.45, 2.75) is 18.3 Å². The number of amides is 1. The molecule has 0 bridgehead atoms. The highest BCUT2D eigenvalue weighted by molar-refractivity contribution is 9.10. The van der Waals surface area contributed by atoms with Crippen molar-refractivity contribution in [3.8, 4) is 11.5 Å². The van der Waals surface area contributed by atoms with Gasteiger partial charge in [-0.15, -0.1) is 0 Å². The summed E-state index contributed by atoms with van der Waals surface area (Å²) in [4.78, 5) is 16.8. The number of benzene rings is 2.